The van der Waals surface area contributed by atoms with E-state index in [-0.39, 0.29) is 0 Å². The Morgan fingerprint density at radius 2 is 1.79 bits per heavy atom. The smallest absolute Gasteiger partial charge is 0.0356 e. The summed E-state index contributed by atoms with van der Waals surface area (Å²) in [5.74, 6) is 0. The van der Waals surface area contributed by atoms with Crippen LogP contribution in [0, 0.1) is 13.8 Å². The third kappa shape index (κ3) is 3.85. The molecule has 2 aromatic carbocycles. The number of thioether (sulfide) groups is 1. The summed E-state index contributed by atoms with van der Waals surface area (Å²) >= 11 is 1.92. The van der Waals surface area contributed by atoms with Crippen LogP contribution in [0.5, 0.6) is 0 Å². The standard InChI is InChI=1S/C17H21NS/c1-13-8-9-16(14(2)12-13)19-17(10-11-18)15-6-4-3-5-7-15/h3-9,12,17H,10-11,18H2,1-2H3. The van der Waals surface area contributed by atoms with Gasteiger partial charge in [-0.2, -0.15) is 0 Å². The van der Waals surface area contributed by atoms with Crippen molar-refractivity contribution >= 4 is 11.8 Å². The van der Waals surface area contributed by atoms with Crippen LogP contribution in [-0.4, -0.2) is 6.54 Å². The van der Waals surface area contributed by atoms with Crippen molar-refractivity contribution in [3.05, 3.63) is 65.2 Å². The van der Waals surface area contributed by atoms with Crippen molar-refractivity contribution in [3.8, 4) is 0 Å². The van der Waals surface area contributed by atoms with Gasteiger partial charge in [0.2, 0.25) is 0 Å². The summed E-state index contributed by atoms with van der Waals surface area (Å²) in [7, 11) is 0. The van der Waals surface area contributed by atoms with E-state index in [2.05, 4.69) is 62.4 Å². The fourth-order valence-electron chi connectivity index (χ4n) is 2.20. The van der Waals surface area contributed by atoms with E-state index in [9.17, 15) is 0 Å². The Labute approximate surface area is 120 Å². The maximum atomic E-state index is 5.77. The summed E-state index contributed by atoms with van der Waals surface area (Å²) in [6, 6.07) is 17.3. The second kappa shape index (κ2) is 6.78. The Kier molecular flexibility index (Phi) is 5.06. The van der Waals surface area contributed by atoms with Crippen molar-refractivity contribution in [2.24, 2.45) is 5.73 Å². The summed E-state index contributed by atoms with van der Waals surface area (Å²) in [6.07, 6.45) is 1.00. The zero-order valence-corrected chi connectivity index (χ0v) is 12.4. The highest BCUT2D eigenvalue weighted by Crippen LogP contribution is 2.38. The maximum Gasteiger partial charge on any atom is 0.0356 e. The number of hydrogen-bond donors (Lipinski definition) is 1. The van der Waals surface area contributed by atoms with Crippen LogP contribution >= 0.6 is 11.8 Å². The summed E-state index contributed by atoms with van der Waals surface area (Å²) in [5.41, 5.74) is 9.79. The van der Waals surface area contributed by atoms with E-state index in [4.69, 9.17) is 5.73 Å². The number of benzene rings is 2. The first-order valence-electron chi connectivity index (χ1n) is 6.69. The largest absolute Gasteiger partial charge is 0.330 e. The number of rotatable bonds is 5. The maximum absolute atomic E-state index is 5.77. The monoisotopic (exact) mass is 271 g/mol. The van der Waals surface area contributed by atoms with Gasteiger partial charge in [-0.25, -0.2) is 0 Å². The van der Waals surface area contributed by atoms with Crippen LogP contribution in [0.1, 0.15) is 28.4 Å². The molecule has 100 valence electrons. The van der Waals surface area contributed by atoms with Crippen LogP contribution in [0.4, 0.5) is 0 Å². The van der Waals surface area contributed by atoms with Gasteiger partial charge in [-0.1, -0.05) is 48.0 Å². The summed E-state index contributed by atoms with van der Waals surface area (Å²) in [5, 5.41) is 0.438. The van der Waals surface area contributed by atoms with Crippen molar-refractivity contribution in [1.29, 1.82) is 0 Å². The SMILES string of the molecule is Cc1ccc(SC(CCN)c2ccccc2)c(C)c1. The van der Waals surface area contributed by atoms with Crippen LogP contribution in [0.25, 0.3) is 0 Å². The molecule has 0 spiro atoms. The van der Waals surface area contributed by atoms with Gasteiger partial charge in [0.15, 0.2) is 0 Å². The van der Waals surface area contributed by atoms with Crippen molar-refractivity contribution in [2.75, 3.05) is 6.54 Å². The molecule has 0 aromatic heterocycles. The number of aryl methyl sites for hydroxylation is 2. The van der Waals surface area contributed by atoms with Gasteiger partial charge in [0.25, 0.3) is 0 Å². The molecule has 19 heavy (non-hydrogen) atoms. The third-order valence-electron chi connectivity index (χ3n) is 3.20. The molecule has 2 heteroatoms. The van der Waals surface area contributed by atoms with Crippen molar-refractivity contribution in [3.63, 3.8) is 0 Å². The molecule has 0 heterocycles. The zero-order valence-electron chi connectivity index (χ0n) is 11.6. The van der Waals surface area contributed by atoms with E-state index in [1.165, 1.54) is 21.6 Å². The molecule has 1 nitrogen and oxygen atoms in total. The Morgan fingerprint density at radius 1 is 1.05 bits per heavy atom. The highest BCUT2D eigenvalue weighted by molar-refractivity contribution is 7.99. The van der Waals surface area contributed by atoms with Crippen LogP contribution in [-0.2, 0) is 0 Å². The zero-order chi connectivity index (χ0) is 13.7. The van der Waals surface area contributed by atoms with E-state index in [0.717, 1.165) is 13.0 Å². The van der Waals surface area contributed by atoms with E-state index >= 15 is 0 Å². The van der Waals surface area contributed by atoms with Gasteiger partial charge in [-0.3, -0.25) is 0 Å². The van der Waals surface area contributed by atoms with Gasteiger partial charge in [-0.05, 0) is 44.0 Å². The highest BCUT2D eigenvalue weighted by atomic mass is 32.2. The van der Waals surface area contributed by atoms with E-state index in [0.29, 0.717) is 5.25 Å². The average Bonchev–Trinajstić information content (AvgIpc) is 2.42. The molecule has 0 bridgehead atoms. The van der Waals surface area contributed by atoms with Crippen LogP contribution in [0.15, 0.2) is 53.4 Å². The first-order valence-corrected chi connectivity index (χ1v) is 7.57. The van der Waals surface area contributed by atoms with Gasteiger partial charge in [0.05, 0.1) is 0 Å². The lowest BCUT2D eigenvalue weighted by Crippen LogP contribution is -2.05. The molecule has 1 atom stereocenters. The molecule has 0 radical (unpaired) electrons. The predicted octanol–water partition coefficient (Wildman–Crippen LogP) is 4.49. The van der Waals surface area contributed by atoms with E-state index in [1.807, 2.05) is 11.8 Å². The first-order chi connectivity index (χ1) is 9.20. The van der Waals surface area contributed by atoms with Crippen molar-refractivity contribution in [2.45, 2.75) is 30.4 Å². The first kappa shape index (κ1) is 14.2. The second-order valence-corrected chi connectivity index (χ2v) is 6.11. The van der Waals surface area contributed by atoms with Gasteiger partial charge in [-0.15, -0.1) is 11.8 Å². The molecule has 0 fully saturated rings. The molecule has 0 saturated carbocycles. The predicted molar refractivity (Wildman–Crippen MR) is 84.6 cm³/mol. The normalized spacial score (nSPS) is 12.4. The lowest BCUT2D eigenvalue weighted by molar-refractivity contribution is 0.813. The van der Waals surface area contributed by atoms with Crippen molar-refractivity contribution < 1.29 is 0 Å². The minimum atomic E-state index is 0.438. The Morgan fingerprint density at radius 3 is 2.42 bits per heavy atom. The molecular weight excluding hydrogens is 250 g/mol. The Bertz CT molecular complexity index is 522. The van der Waals surface area contributed by atoms with Gasteiger partial charge < -0.3 is 5.73 Å². The molecule has 0 amide bonds. The molecule has 2 aromatic rings. The van der Waals surface area contributed by atoms with E-state index < -0.39 is 0 Å². The summed E-state index contributed by atoms with van der Waals surface area (Å²) in [4.78, 5) is 1.35. The molecule has 2 N–H and O–H groups in total. The van der Waals surface area contributed by atoms with Crippen LogP contribution < -0.4 is 5.73 Å². The fraction of sp³-hybridized carbons (Fsp3) is 0.294. The number of nitrogens with two attached hydrogens (primary N) is 1. The van der Waals surface area contributed by atoms with Crippen LogP contribution in [0.3, 0.4) is 0 Å². The van der Waals surface area contributed by atoms with Crippen LogP contribution in [0.2, 0.25) is 0 Å². The molecule has 1 unspecified atom stereocenters. The molecule has 0 aliphatic carbocycles. The average molecular weight is 271 g/mol. The van der Waals surface area contributed by atoms with Gasteiger partial charge in [0.1, 0.15) is 0 Å². The molecule has 0 aliphatic heterocycles. The van der Waals surface area contributed by atoms with Crippen molar-refractivity contribution in [1.82, 2.24) is 0 Å². The Balaban J connectivity index is 2.21. The van der Waals surface area contributed by atoms with Gasteiger partial charge >= 0.3 is 0 Å². The minimum Gasteiger partial charge on any atom is -0.330 e. The minimum absolute atomic E-state index is 0.438. The molecule has 2 rings (SSSR count). The summed E-state index contributed by atoms with van der Waals surface area (Å²) < 4.78 is 0. The Hall–Kier alpha value is -1.25. The molecule has 0 saturated heterocycles. The number of hydrogen-bond acceptors (Lipinski definition) is 2. The van der Waals surface area contributed by atoms with E-state index in [1.54, 1.807) is 0 Å². The summed E-state index contributed by atoms with van der Waals surface area (Å²) in [6.45, 7) is 5.04. The second-order valence-electron chi connectivity index (χ2n) is 4.86. The third-order valence-corrected chi connectivity index (χ3v) is 4.70. The lowest BCUT2D eigenvalue weighted by Gasteiger charge is -2.17. The van der Waals surface area contributed by atoms with Gasteiger partial charge in [0, 0.05) is 10.1 Å². The topological polar surface area (TPSA) is 26.0 Å². The lowest BCUT2D eigenvalue weighted by atomic mass is 10.1. The highest BCUT2D eigenvalue weighted by Gasteiger charge is 2.13. The quantitative estimate of drug-likeness (QED) is 0.811. The molecular formula is C17H21NS. The molecule has 0 aliphatic rings. The fourth-order valence-corrected chi connectivity index (χ4v) is 3.44.